The molecule has 1 aromatic carbocycles. The molecule has 3 nitrogen and oxygen atoms in total. The van der Waals surface area contributed by atoms with Crippen molar-refractivity contribution < 1.29 is 9.90 Å². The van der Waals surface area contributed by atoms with Crippen molar-refractivity contribution in [3.05, 3.63) is 34.3 Å². The van der Waals surface area contributed by atoms with E-state index in [0.29, 0.717) is 6.42 Å². The lowest BCUT2D eigenvalue weighted by atomic mass is 9.85. The molecule has 20 heavy (non-hydrogen) atoms. The largest absolute Gasteiger partial charge is 0.480 e. The van der Waals surface area contributed by atoms with Gasteiger partial charge in [-0.1, -0.05) is 47.8 Å². The van der Waals surface area contributed by atoms with Crippen molar-refractivity contribution in [2.75, 3.05) is 13.1 Å². The molecule has 0 aromatic heterocycles. The highest BCUT2D eigenvalue weighted by Crippen LogP contribution is 2.35. The zero-order valence-corrected chi connectivity index (χ0v) is 13.5. The van der Waals surface area contributed by atoms with Crippen LogP contribution in [0.25, 0.3) is 0 Å². The first kappa shape index (κ1) is 15.5. The Bertz CT molecular complexity index is 469. The zero-order valence-electron chi connectivity index (χ0n) is 11.9. The Labute approximate surface area is 129 Å². The number of hydrogen-bond donors (Lipinski definition) is 1. The second-order valence-electron chi connectivity index (χ2n) is 5.43. The van der Waals surface area contributed by atoms with Gasteiger partial charge in [0.2, 0.25) is 0 Å². The number of halogens is 1. The molecule has 1 atom stereocenters. The van der Waals surface area contributed by atoms with Crippen LogP contribution in [0.5, 0.6) is 0 Å². The number of likely N-dealkylation sites (tertiary alicyclic amines) is 1. The normalized spacial score (nSPS) is 20.1. The van der Waals surface area contributed by atoms with Crippen LogP contribution in [-0.2, 0) is 10.3 Å². The SMILES string of the molecule is CCC(C(=O)O)(c1cccc(Br)c1)N1CCCCCC1. The van der Waals surface area contributed by atoms with Gasteiger partial charge in [-0.25, -0.2) is 4.79 Å². The molecule has 1 heterocycles. The van der Waals surface area contributed by atoms with Crippen molar-refractivity contribution in [1.29, 1.82) is 0 Å². The first-order chi connectivity index (χ1) is 9.61. The minimum atomic E-state index is -0.895. The van der Waals surface area contributed by atoms with Gasteiger partial charge in [-0.05, 0) is 50.0 Å². The van der Waals surface area contributed by atoms with Crippen LogP contribution in [0.4, 0.5) is 0 Å². The first-order valence-electron chi connectivity index (χ1n) is 7.35. The van der Waals surface area contributed by atoms with Crippen LogP contribution in [0.3, 0.4) is 0 Å². The van der Waals surface area contributed by atoms with Gasteiger partial charge in [0, 0.05) is 4.47 Å². The predicted molar refractivity (Wildman–Crippen MR) is 83.8 cm³/mol. The third kappa shape index (κ3) is 2.91. The summed E-state index contributed by atoms with van der Waals surface area (Å²) in [5.41, 5.74) is -0.0162. The van der Waals surface area contributed by atoms with Gasteiger partial charge < -0.3 is 5.11 Å². The summed E-state index contributed by atoms with van der Waals surface area (Å²) in [5.74, 6) is -0.736. The number of rotatable bonds is 4. The minimum Gasteiger partial charge on any atom is -0.480 e. The highest BCUT2D eigenvalue weighted by atomic mass is 79.9. The predicted octanol–water partition coefficient (Wildman–Crippen LogP) is 4.02. The number of aliphatic carboxylic acids is 1. The third-order valence-electron chi connectivity index (χ3n) is 4.31. The Morgan fingerprint density at radius 2 is 1.95 bits per heavy atom. The minimum absolute atomic E-state index is 0.582. The maximum atomic E-state index is 12.1. The molecule has 0 saturated carbocycles. The molecule has 0 amide bonds. The summed E-state index contributed by atoms with van der Waals surface area (Å²) in [5, 5.41) is 9.96. The maximum Gasteiger partial charge on any atom is 0.328 e. The molecule has 0 radical (unpaired) electrons. The number of carbonyl (C=O) groups is 1. The lowest BCUT2D eigenvalue weighted by molar-refractivity contribution is -0.153. The van der Waals surface area contributed by atoms with Gasteiger partial charge in [-0.3, -0.25) is 4.90 Å². The number of benzene rings is 1. The van der Waals surface area contributed by atoms with Gasteiger partial charge in [0.05, 0.1) is 0 Å². The van der Waals surface area contributed by atoms with Gasteiger partial charge in [0.15, 0.2) is 0 Å². The average molecular weight is 340 g/mol. The molecule has 0 bridgehead atoms. The second kappa shape index (κ2) is 6.72. The van der Waals surface area contributed by atoms with E-state index in [9.17, 15) is 9.90 Å². The molecule has 1 aliphatic heterocycles. The van der Waals surface area contributed by atoms with Crippen molar-refractivity contribution in [2.24, 2.45) is 0 Å². The van der Waals surface area contributed by atoms with Gasteiger partial charge in [0.25, 0.3) is 0 Å². The van der Waals surface area contributed by atoms with Crippen LogP contribution in [0.15, 0.2) is 28.7 Å². The van der Waals surface area contributed by atoms with Crippen LogP contribution in [0.1, 0.15) is 44.6 Å². The summed E-state index contributed by atoms with van der Waals surface area (Å²) in [7, 11) is 0. The van der Waals surface area contributed by atoms with Gasteiger partial charge in [-0.15, -0.1) is 0 Å². The standard InChI is InChI=1S/C16H22BrNO2/c1-2-16(15(19)20,13-8-7-9-14(17)12-13)18-10-5-3-4-6-11-18/h7-9,12H,2-6,10-11H2,1H3,(H,19,20). The number of hydrogen-bond acceptors (Lipinski definition) is 2. The second-order valence-corrected chi connectivity index (χ2v) is 6.35. The Hall–Kier alpha value is -0.870. The molecular weight excluding hydrogens is 318 g/mol. The molecule has 1 aliphatic rings. The molecule has 2 rings (SSSR count). The summed E-state index contributed by atoms with van der Waals surface area (Å²) in [6, 6.07) is 7.74. The fourth-order valence-corrected chi connectivity index (χ4v) is 3.62. The van der Waals surface area contributed by atoms with Crippen molar-refractivity contribution in [1.82, 2.24) is 4.90 Å². The number of carboxylic acid groups (broad SMARTS) is 1. The van der Waals surface area contributed by atoms with Crippen LogP contribution in [-0.4, -0.2) is 29.1 Å². The Balaban J connectivity index is 2.46. The number of nitrogens with zero attached hydrogens (tertiary/aromatic N) is 1. The smallest absolute Gasteiger partial charge is 0.328 e. The van der Waals surface area contributed by atoms with Gasteiger partial charge in [0.1, 0.15) is 5.54 Å². The zero-order chi connectivity index (χ0) is 14.6. The molecule has 0 spiro atoms. The Morgan fingerprint density at radius 3 is 2.45 bits per heavy atom. The van der Waals surface area contributed by atoms with Crippen LogP contribution < -0.4 is 0 Å². The van der Waals surface area contributed by atoms with Crippen LogP contribution in [0, 0.1) is 0 Å². The van der Waals surface area contributed by atoms with E-state index in [-0.39, 0.29) is 0 Å². The van der Waals surface area contributed by atoms with E-state index in [1.54, 1.807) is 0 Å². The van der Waals surface area contributed by atoms with Crippen molar-refractivity contribution in [2.45, 2.75) is 44.6 Å². The molecule has 1 unspecified atom stereocenters. The molecule has 1 aromatic rings. The molecule has 1 saturated heterocycles. The highest BCUT2D eigenvalue weighted by molar-refractivity contribution is 9.10. The van der Waals surface area contributed by atoms with E-state index in [4.69, 9.17) is 0 Å². The average Bonchev–Trinajstić information content (AvgIpc) is 2.69. The molecule has 1 N–H and O–H groups in total. The molecule has 110 valence electrons. The fraction of sp³-hybridized carbons (Fsp3) is 0.562. The van der Waals surface area contributed by atoms with E-state index in [2.05, 4.69) is 20.8 Å². The molecule has 0 aliphatic carbocycles. The Morgan fingerprint density at radius 1 is 1.30 bits per heavy atom. The number of carboxylic acids is 1. The maximum absolute atomic E-state index is 12.1. The van der Waals surface area contributed by atoms with Crippen molar-refractivity contribution in [3.63, 3.8) is 0 Å². The van der Waals surface area contributed by atoms with E-state index in [1.165, 1.54) is 12.8 Å². The molecule has 1 fully saturated rings. The van der Waals surface area contributed by atoms with Crippen molar-refractivity contribution in [3.8, 4) is 0 Å². The topological polar surface area (TPSA) is 40.5 Å². The summed E-state index contributed by atoms with van der Waals surface area (Å²) in [6.45, 7) is 3.71. The Kier molecular flexibility index (Phi) is 5.22. The first-order valence-corrected chi connectivity index (χ1v) is 8.15. The highest BCUT2D eigenvalue weighted by Gasteiger charge is 2.44. The summed E-state index contributed by atoms with van der Waals surface area (Å²) in [6.07, 6.45) is 5.16. The van der Waals surface area contributed by atoms with Gasteiger partial charge in [-0.2, -0.15) is 0 Å². The summed E-state index contributed by atoms with van der Waals surface area (Å²) in [4.78, 5) is 14.3. The van der Waals surface area contributed by atoms with Crippen LogP contribution >= 0.6 is 15.9 Å². The summed E-state index contributed by atoms with van der Waals surface area (Å²) >= 11 is 3.46. The van der Waals surface area contributed by atoms with Crippen molar-refractivity contribution >= 4 is 21.9 Å². The van der Waals surface area contributed by atoms with E-state index >= 15 is 0 Å². The third-order valence-corrected chi connectivity index (χ3v) is 4.81. The van der Waals surface area contributed by atoms with Crippen LogP contribution in [0.2, 0.25) is 0 Å². The van der Waals surface area contributed by atoms with E-state index in [0.717, 1.165) is 36.0 Å². The molecular formula is C16H22BrNO2. The van der Waals surface area contributed by atoms with E-state index in [1.807, 2.05) is 31.2 Å². The monoisotopic (exact) mass is 339 g/mol. The van der Waals surface area contributed by atoms with Gasteiger partial charge >= 0.3 is 5.97 Å². The lowest BCUT2D eigenvalue weighted by Gasteiger charge is -2.40. The van der Waals surface area contributed by atoms with E-state index < -0.39 is 11.5 Å². The quantitative estimate of drug-likeness (QED) is 0.900. The fourth-order valence-electron chi connectivity index (χ4n) is 3.22. The summed E-state index contributed by atoms with van der Waals surface area (Å²) < 4.78 is 0.934. The molecule has 4 heteroatoms. The lowest BCUT2D eigenvalue weighted by Crippen LogP contribution is -2.52.